The van der Waals surface area contributed by atoms with Gasteiger partial charge in [0.1, 0.15) is 5.75 Å². The van der Waals surface area contributed by atoms with Crippen LogP contribution in [0.2, 0.25) is 0 Å². The number of carbonyl (C=O) groups excluding carboxylic acids is 1. The Morgan fingerprint density at radius 2 is 1.77 bits per heavy atom. The Morgan fingerprint density at radius 3 is 2.27 bits per heavy atom. The van der Waals surface area contributed by atoms with Gasteiger partial charge in [0.25, 0.3) is 0 Å². The Balaban J connectivity index is 0.00000117. The van der Waals surface area contributed by atoms with Crippen molar-refractivity contribution in [3.8, 4) is 5.75 Å². The van der Waals surface area contributed by atoms with E-state index in [0.29, 0.717) is 5.56 Å². The number of carbonyl (C=O) groups is 1. The number of ether oxygens (including phenoxy) is 1. The molecule has 2 aromatic rings. The number of hydrogen-bond donors (Lipinski definition) is 2. The van der Waals surface area contributed by atoms with Gasteiger partial charge in [0, 0.05) is 31.7 Å². The molecule has 3 N–H and O–H groups in total. The summed E-state index contributed by atoms with van der Waals surface area (Å²) >= 11 is 0. The fourth-order valence-electron chi connectivity index (χ4n) is 3.27. The van der Waals surface area contributed by atoms with Crippen molar-refractivity contribution in [2.75, 3.05) is 43.1 Å². The molecule has 1 aliphatic heterocycles. The maximum Gasteiger partial charge on any atom is 0.248 e. The minimum absolute atomic E-state index is 0.429. The molecule has 0 aliphatic carbocycles. The van der Waals surface area contributed by atoms with Crippen LogP contribution in [0, 0.1) is 13.8 Å². The van der Waals surface area contributed by atoms with E-state index in [9.17, 15) is 4.79 Å². The molecule has 0 atom stereocenters. The largest absolute Gasteiger partial charge is 0.495 e. The van der Waals surface area contributed by atoms with Gasteiger partial charge in [0.15, 0.2) is 0 Å². The van der Waals surface area contributed by atoms with Crippen LogP contribution in [-0.4, -0.2) is 49.4 Å². The summed E-state index contributed by atoms with van der Waals surface area (Å²) in [6, 6.07) is 5.30. The van der Waals surface area contributed by atoms with E-state index in [2.05, 4.69) is 20.0 Å². The normalized spacial score (nSPS) is 13.9. The molecule has 7 nitrogen and oxygen atoms in total. The first kappa shape index (κ1) is 19.6. The zero-order chi connectivity index (χ0) is 19.3. The molecule has 1 saturated heterocycles. The third-order valence-corrected chi connectivity index (χ3v) is 4.49. The molecule has 0 saturated carbocycles. The van der Waals surface area contributed by atoms with Crippen molar-refractivity contribution in [3.63, 3.8) is 0 Å². The number of piperazine rings is 1. The number of anilines is 2. The highest BCUT2D eigenvalue weighted by Gasteiger charge is 2.23. The Hall–Kier alpha value is -2.70. The Bertz CT molecular complexity index is 729. The van der Waals surface area contributed by atoms with Gasteiger partial charge in [-0.1, -0.05) is 13.8 Å². The zero-order valence-corrected chi connectivity index (χ0v) is 16.3. The lowest BCUT2D eigenvalue weighted by Crippen LogP contribution is -2.47. The molecule has 0 spiro atoms. The Labute approximate surface area is 155 Å². The van der Waals surface area contributed by atoms with Crippen molar-refractivity contribution in [2.45, 2.75) is 27.7 Å². The quantitative estimate of drug-likeness (QED) is 0.876. The Kier molecular flexibility index (Phi) is 6.49. The van der Waals surface area contributed by atoms with Gasteiger partial charge in [0.05, 0.1) is 29.9 Å². The van der Waals surface area contributed by atoms with Crippen LogP contribution >= 0.6 is 0 Å². The van der Waals surface area contributed by atoms with E-state index >= 15 is 0 Å². The predicted octanol–water partition coefficient (Wildman–Crippen LogP) is 2.49. The minimum Gasteiger partial charge on any atom is -0.495 e. The average Bonchev–Trinajstić information content (AvgIpc) is 3.01. The van der Waals surface area contributed by atoms with E-state index in [4.69, 9.17) is 10.5 Å². The second-order valence-corrected chi connectivity index (χ2v) is 6.01. The van der Waals surface area contributed by atoms with Crippen LogP contribution in [0.5, 0.6) is 5.75 Å². The number of benzene rings is 1. The highest BCUT2D eigenvalue weighted by molar-refractivity contribution is 5.94. The van der Waals surface area contributed by atoms with E-state index in [1.165, 1.54) is 5.69 Å². The van der Waals surface area contributed by atoms with Crippen molar-refractivity contribution in [1.29, 1.82) is 0 Å². The van der Waals surface area contributed by atoms with E-state index < -0.39 is 5.91 Å². The van der Waals surface area contributed by atoms with E-state index in [0.717, 1.165) is 49.0 Å². The fourth-order valence-corrected chi connectivity index (χ4v) is 3.27. The van der Waals surface area contributed by atoms with E-state index in [-0.39, 0.29) is 0 Å². The highest BCUT2D eigenvalue weighted by atomic mass is 16.5. The molecule has 0 bridgehead atoms. The van der Waals surface area contributed by atoms with Crippen molar-refractivity contribution in [1.82, 2.24) is 10.2 Å². The molecule has 1 aromatic heterocycles. The molecule has 26 heavy (non-hydrogen) atoms. The molecule has 1 fully saturated rings. The molecule has 0 radical (unpaired) electrons. The first-order valence-corrected chi connectivity index (χ1v) is 9.00. The highest BCUT2D eigenvalue weighted by Crippen LogP contribution is 2.31. The summed E-state index contributed by atoms with van der Waals surface area (Å²) in [5, 5.41) is 7.31. The first-order valence-electron chi connectivity index (χ1n) is 9.00. The lowest BCUT2D eigenvalue weighted by Gasteiger charge is -2.38. The molecule has 3 rings (SSSR count). The number of amides is 1. The van der Waals surface area contributed by atoms with Gasteiger partial charge in [-0.25, -0.2) is 0 Å². The molecule has 1 aromatic carbocycles. The lowest BCUT2D eigenvalue weighted by atomic mass is 10.1. The fraction of sp³-hybridized carbons (Fsp3) is 0.474. The second kappa shape index (κ2) is 8.60. The van der Waals surface area contributed by atoms with Crippen LogP contribution in [0.25, 0.3) is 0 Å². The van der Waals surface area contributed by atoms with Crippen LogP contribution < -0.4 is 20.3 Å². The number of nitrogens with one attached hydrogen (secondary N) is 1. The van der Waals surface area contributed by atoms with Gasteiger partial charge in [-0.15, -0.1) is 0 Å². The summed E-state index contributed by atoms with van der Waals surface area (Å²) in [5.74, 6) is 0.325. The zero-order valence-electron chi connectivity index (χ0n) is 16.3. The number of rotatable bonds is 4. The molecular weight excluding hydrogens is 330 g/mol. The van der Waals surface area contributed by atoms with Gasteiger partial charge < -0.3 is 20.3 Å². The summed E-state index contributed by atoms with van der Waals surface area (Å²) in [5.41, 5.74) is 10.1. The summed E-state index contributed by atoms with van der Waals surface area (Å²) in [6.45, 7) is 11.5. The summed E-state index contributed by atoms with van der Waals surface area (Å²) in [4.78, 5) is 16.0. The standard InChI is InChI=1S/C17H23N5O2.C2H6/c1-11-16(12(2)20-19-11)22-8-6-21(7-9-22)14-10-13(17(18)23)4-5-15(14)24-3;1-2/h4-5,10H,6-9H2,1-3H3,(H2,18,23)(H,19,20);1-2H3. The van der Waals surface area contributed by atoms with Crippen LogP contribution in [0.1, 0.15) is 35.6 Å². The average molecular weight is 359 g/mol. The van der Waals surface area contributed by atoms with E-state index in [1.54, 1.807) is 19.2 Å². The van der Waals surface area contributed by atoms with Crippen molar-refractivity contribution in [2.24, 2.45) is 5.73 Å². The Morgan fingerprint density at radius 1 is 1.15 bits per heavy atom. The van der Waals surface area contributed by atoms with Crippen molar-refractivity contribution >= 4 is 17.3 Å². The number of primary amides is 1. The first-order chi connectivity index (χ1) is 12.5. The molecule has 1 amide bonds. The summed E-state index contributed by atoms with van der Waals surface area (Å²) in [6.07, 6.45) is 0. The lowest BCUT2D eigenvalue weighted by molar-refractivity contribution is 0.100. The van der Waals surface area contributed by atoms with Crippen molar-refractivity contribution in [3.05, 3.63) is 35.2 Å². The van der Waals surface area contributed by atoms with Gasteiger partial charge in [-0.2, -0.15) is 5.10 Å². The number of hydrogen-bond acceptors (Lipinski definition) is 5. The number of methoxy groups -OCH3 is 1. The van der Waals surface area contributed by atoms with Gasteiger partial charge in [0.2, 0.25) is 5.91 Å². The number of nitrogens with two attached hydrogens (primary N) is 1. The molecule has 142 valence electrons. The molecule has 2 heterocycles. The summed E-state index contributed by atoms with van der Waals surface area (Å²) < 4.78 is 5.45. The van der Waals surface area contributed by atoms with Gasteiger partial charge in [-0.05, 0) is 32.0 Å². The monoisotopic (exact) mass is 359 g/mol. The number of aromatic nitrogens is 2. The number of aryl methyl sites for hydroxylation is 2. The van der Waals surface area contributed by atoms with Crippen LogP contribution in [0.15, 0.2) is 18.2 Å². The topological polar surface area (TPSA) is 87.5 Å². The molecular formula is C19H29N5O2. The predicted molar refractivity (Wildman–Crippen MR) is 105 cm³/mol. The molecule has 1 aliphatic rings. The van der Waals surface area contributed by atoms with Crippen molar-refractivity contribution < 1.29 is 9.53 Å². The van der Waals surface area contributed by atoms with Gasteiger partial charge in [-0.3, -0.25) is 9.89 Å². The number of nitrogens with zero attached hydrogens (tertiary/aromatic N) is 3. The minimum atomic E-state index is -0.429. The third kappa shape index (κ3) is 3.92. The third-order valence-electron chi connectivity index (χ3n) is 4.49. The number of aromatic amines is 1. The maximum atomic E-state index is 11.5. The number of H-pyrrole nitrogens is 1. The smallest absolute Gasteiger partial charge is 0.248 e. The second-order valence-electron chi connectivity index (χ2n) is 6.01. The van der Waals surface area contributed by atoms with Gasteiger partial charge >= 0.3 is 0 Å². The molecule has 0 unspecified atom stereocenters. The van der Waals surface area contributed by atoms with Crippen LogP contribution in [0.4, 0.5) is 11.4 Å². The molecule has 7 heteroatoms. The van der Waals surface area contributed by atoms with Crippen LogP contribution in [-0.2, 0) is 0 Å². The SMILES string of the molecule is CC.COc1ccc(C(N)=O)cc1N1CCN(c2c(C)n[nH]c2C)CC1. The maximum absolute atomic E-state index is 11.5. The van der Waals surface area contributed by atoms with Crippen LogP contribution in [0.3, 0.4) is 0 Å². The summed E-state index contributed by atoms with van der Waals surface area (Å²) in [7, 11) is 1.64. The van der Waals surface area contributed by atoms with E-state index in [1.807, 2.05) is 33.8 Å².